The zero-order chi connectivity index (χ0) is 13.4. The topological polar surface area (TPSA) is 80.8 Å². The molecule has 1 aromatic carbocycles. The van der Waals surface area contributed by atoms with E-state index in [1.807, 2.05) is 0 Å². The molecule has 6 nitrogen and oxygen atoms in total. The molecule has 0 saturated heterocycles. The van der Waals surface area contributed by atoms with Gasteiger partial charge < -0.3 is 9.47 Å². The summed E-state index contributed by atoms with van der Waals surface area (Å²) in [5, 5.41) is 8.25. The predicted octanol–water partition coefficient (Wildman–Crippen LogP) is 1.40. The summed E-state index contributed by atoms with van der Waals surface area (Å²) in [6.45, 7) is 5.81. The van der Waals surface area contributed by atoms with Crippen molar-refractivity contribution >= 4 is 11.9 Å². The fourth-order valence-electron chi connectivity index (χ4n) is 1.10. The number of nitrogens with zero attached hydrogens (tertiary/aromatic N) is 2. The van der Waals surface area contributed by atoms with Crippen LogP contribution < -0.4 is 0 Å². The van der Waals surface area contributed by atoms with Gasteiger partial charge in [-0.1, -0.05) is 0 Å². The Hall–Kier alpha value is -2.86. The van der Waals surface area contributed by atoms with Gasteiger partial charge in [-0.3, -0.25) is 4.85 Å². The first-order valence-corrected chi connectivity index (χ1v) is 4.83. The van der Waals surface area contributed by atoms with Gasteiger partial charge in [0.15, 0.2) is 6.61 Å². The fraction of sp³-hybridized carbons (Fsp3) is 0.167. The molecule has 0 N–H and O–H groups in total. The maximum atomic E-state index is 11.3. The molecule has 0 unspecified atom stereocenters. The molecule has 6 heteroatoms. The third-order valence-electron chi connectivity index (χ3n) is 1.88. The van der Waals surface area contributed by atoms with Crippen molar-refractivity contribution in [2.24, 2.45) is 0 Å². The molecule has 1 rings (SSSR count). The molecular weight excluding hydrogens is 236 g/mol. The van der Waals surface area contributed by atoms with Crippen LogP contribution in [0.5, 0.6) is 0 Å². The lowest BCUT2D eigenvalue weighted by Gasteiger charge is -2.02. The maximum absolute atomic E-state index is 11.3. The van der Waals surface area contributed by atoms with Gasteiger partial charge in [0.1, 0.15) is 6.07 Å². The van der Waals surface area contributed by atoms with Crippen molar-refractivity contribution in [1.82, 2.24) is 0 Å². The van der Waals surface area contributed by atoms with E-state index < -0.39 is 11.9 Å². The Kier molecular flexibility index (Phi) is 4.89. The lowest BCUT2D eigenvalue weighted by atomic mass is 10.1. The van der Waals surface area contributed by atoms with Crippen molar-refractivity contribution in [3.8, 4) is 6.07 Å². The Morgan fingerprint density at radius 3 is 2.11 bits per heavy atom. The van der Waals surface area contributed by atoms with Crippen LogP contribution in [0.3, 0.4) is 0 Å². The van der Waals surface area contributed by atoms with Crippen LogP contribution in [0.1, 0.15) is 20.7 Å². The van der Waals surface area contributed by atoms with E-state index in [9.17, 15) is 9.59 Å². The van der Waals surface area contributed by atoms with Crippen LogP contribution in [0, 0.1) is 17.9 Å². The van der Waals surface area contributed by atoms with Crippen molar-refractivity contribution in [3.05, 3.63) is 46.8 Å². The Labute approximate surface area is 103 Å². The molecule has 0 fully saturated rings. The summed E-state index contributed by atoms with van der Waals surface area (Å²) in [7, 11) is 0. The highest BCUT2D eigenvalue weighted by Crippen LogP contribution is 2.07. The second-order valence-electron chi connectivity index (χ2n) is 3.03. The average Bonchev–Trinajstić information content (AvgIpc) is 2.42. The molecule has 0 radical (unpaired) electrons. The molecule has 0 atom stereocenters. The van der Waals surface area contributed by atoms with Gasteiger partial charge in [-0.15, -0.1) is 0 Å². The SMILES string of the molecule is [C-]#[N+]COC(=O)c1ccc(C(=O)OCC#N)cc1. The highest BCUT2D eigenvalue weighted by molar-refractivity contribution is 5.93. The molecule has 0 spiro atoms. The van der Waals surface area contributed by atoms with E-state index in [0.29, 0.717) is 0 Å². The van der Waals surface area contributed by atoms with E-state index in [4.69, 9.17) is 11.8 Å². The van der Waals surface area contributed by atoms with Crippen LogP contribution in [-0.2, 0) is 9.47 Å². The van der Waals surface area contributed by atoms with E-state index in [0.717, 1.165) is 0 Å². The number of hydrogen-bond donors (Lipinski definition) is 0. The Morgan fingerprint density at radius 2 is 1.67 bits per heavy atom. The van der Waals surface area contributed by atoms with E-state index >= 15 is 0 Å². The summed E-state index contributed by atoms with van der Waals surface area (Å²) >= 11 is 0. The average molecular weight is 244 g/mol. The van der Waals surface area contributed by atoms with E-state index in [1.54, 1.807) is 6.07 Å². The molecule has 0 heterocycles. The molecule has 0 aliphatic carbocycles. The summed E-state index contributed by atoms with van der Waals surface area (Å²) in [5.41, 5.74) is 0.461. The van der Waals surface area contributed by atoms with Gasteiger partial charge >= 0.3 is 18.7 Å². The van der Waals surface area contributed by atoms with Crippen molar-refractivity contribution < 1.29 is 19.1 Å². The number of benzene rings is 1. The Morgan fingerprint density at radius 1 is 1.17 bits per heavy atom. The minimum atomic E-state index is -0.641. The lowest BCUT2D eigenvalue weighted by molar-refractivity contribution is 0.0536. The number of hydrogen-bond acceptors (Lipinski definition) is 5. The molecule has 1 aromatic rings. The highest BCUT2D eigenvalue weighted by Gasteiger charge is 2.11. The van der Waals surface area contributed by atoms with Crippen LogP contribution in [0.4, 0.5) is 0 Å². The molecule has 0 aliphatic heterocycles. The van der Waals surface area contributed by atoms with Gasteiger partial charge in [-0.2, -0.15) is 5.26 Å². The molecule has 0 aromatic heterocycles. The standard InChI is InChI=1S/C12H8N2O4/c1-14-8-18-12(16)10-4-2-9(3-5-10)11(15)17-7-6-13/h2-5H,7-8H2. The number of esters is 2. The van der Waals surface area contributed by atoms with Crippen LogP contribution in [-0.4, -0.2) is 25.3 Å². The Balaban J connectivity index is 2.69. The van der Waals surface area contributed by atoms with Gasteiger partial charge in [0, 0.05) is 0 Å². The molecule has 0 bridgehead atoms. The van der Waals surface area contributed by atoms with Gasteiger partial charge in [0.25, 0.3) is 0 Å². The maximum Gasteiger partial charge on any atom is 0.359 e. The molecule has 18 heavy (non-hydrogen) atoms. The summed E-state index contributed by atoms with van der Waals surface area (Å²) in [5.74, 6) is -1.28. The number of rotatable bonds is 4. The molecule has 0 aliphatic rings. The minimum absolute atomic E-state index is 0.229. The van der Waals surface area contributed by atoms with Gasteiger partial charge in [0.2, 0.25) is 0 Å². The van der Waals surface area contributed by atoms with Gasteiger partial charge in [-0.25, -0.2) is 16.2 Å². The number of carbonyl (C=O) groups excluding carboxylic acids is 2. The highest BCUT2D eigenvalue weighted by atomic mass is 16.5. The summed E-state index contributed by atoms with van der Waals surface area (Å²) < 4.78 is 9.18. The smallest absolute Gasteiger partial charge is 0.359 e. The van der Waals surface area contributed by atoms with Crippen molar-refractivity contribution in [1.29, 1.82) is 5.26 Å². The van der Waals surface area contributed by atoms with Crippen LogP contribution in [0.15, 0.2) is 24.3 Å². The molecule has 0 amide bonds. The lowest BCUT2D eigenvalue weighted by Crippen LogP contribution is -2.07. The van der Waals surface area contributed by atoms with E-state index in [2.05, 4.69) is 14.3 Å². The summed E-state index contributed by atoms with van der Waals surface area (Å²) in [6, 6.07) is 7.21. The quantitative estimate of drug-likeness (QED) is 0.590. The number of nitriles is 1. The third kappa shape index (κ3) is 3.62. The first kappa shape index (κ1) is 13.2. The number of carbonyl (C=O) groups is 2. The van der Waals surface area contributed by atoms with E-state index in [1.165, 1.54) is 24.3 Å². The van der Waals surface area contributed by atoms with Crippen molar-refractivity contribution in [2.45, 2.75) is 0 Å². The van der Waals surface area contributed by atoms with Crippen LogP contribution in [0.25, 0.3) is 4.85 Å². The minimum Gasteiger partial charge on any atom is -0.447 e. The second kappa shape index (κ2) is 6.66. The molecule has 0 saturated carbocycles. The predicted molar refractivity (Wildman–Crippen MR) is 59.2 cm³/mol. The monoisotopic (exact) mass is 244 g/mol. The van der Waals surface area contributed by atoms with Gasteiger partial charge in [-0.05, 0) is 24.3 Å². The second-order valence-corrected chi connectivity index (χ2v) is 3.03. The zero-order valence-corrected chi connectivity index (χ0v) is 9.25. The van der Waals surface area contributed by atoms with Crippen molar-refractivity contribution in [2.75, 3.05) is 13.3 Å². The third-order valence-corrected chi connectivity index (χ3v) is 1.88. The summed E-state index contributed by atoms with van der Waals surface area (Å²) in [6.07, 6.45) is 0. The molecular formula is C12H8N2O4. The summed E-state index contributed by atoms with van der Waals surface area (Å²) in [4.78, 5) is 25.5. The first-order chi connectivity index (χ1) is 8.69. The largest absolute Gasteiger partial charge is 0.447 e. The van der Waals surface area contributed by atoms with Crippen LogP contribution >= 0.6 is 0 Å². The number of ether oxygens (including phenoxy) is 2. The molecule has 90 valence electrons. The first-order valence-electron chi connectivity index (χ1n) is 4.83. The van der Waals surface area contributed by atoms with E-state index in [-0.39, 0.29) is 24.5 Å². The van der Waals surface area contributed by atoms with Gasteiger partial charge in [0.05, 0.1) is 11.1 Å². The normalized spacial score (nSPS) is 8.78. The van der Waals surface area contributed by atoms with Crippen LogP contribution in [0.2, 0.25) is 0 Å². The van der Waals surface area contributed by atoms with Crippen molar-refractivity contribution in [3.63, 3.8) is 0 Å². The zero-order valence-electron chi connectivity index (χ0n) is 9.25. The fourth-order valence-corrected chi connectivity index (χ4v) is 1.10. The Bertz CT molecular complexity index is 473.